The molecule has 0 aliphatic heterocycles. The van der Waals surface area contributed by atoms with Crippen molar-refractivity contribution >= 4 is 17.7 Å². The van der Waals surface area contributed by atoms with Gasteiger partial charge in [-0.1, -0.05) is 0 Å². The summed E-state index contributed by atoms with van der Waals surface area (Å²) in [5.41, 5.74) is 0.577. The molecule has 0 saturated heterocycles. The van der Waals surface area contributed by atoms with Crippen LogP contribution in [0.25, 0.3) is 0 Å². The van der Waals surface area contributed by atoms with Gasteiger partial charge in [-0.3, -0.25) is 9.52 Å². The molecule has 0 atom stereocenters. The fourth-order valence-electron chi connectivity index (χ4n) is 1.46. The third-order valence-electron chi connectivity index (χ3n) is 2.41. The Kier molecular flexibility index (Phi) is 4.54. The highest BCUT2D eigenvalue weighted by Gasteiger charge is 2.02. The van der Waals surface area contributed by atoms with E-state index in [4.69, 9.17) is 4.74 Å². The molecule has 5 heteroatoms. The zero-order valence-electron chi connectivity index (χ0n) is 10.7. The van der Waals surface area contributed by atoms with Crippen molar-refractivity contribution in [2.75, 3.05) is 7.05 Å². The Morgan fingerprint density at radius 2 is 1.95 bits per heavy atom. The number of nitrogens with zero attached hydrogens (tertiary/aromatic N) is 1. The highest BCUT2D eigenvalue weighted by Crippen LogP contribution is 2.22. The molecule has 2 rings (SSSR count). The quantitative estimate of drug-likeness (QED) is 0.669. The van der Waals surface area contributed by atoms with E-state index in [1.54, 1.807) is 12.1 Å². The van der Waals surface area contributed by atoms with Crippen molar-refractivity contribution in [3.8, 4) is 11.6 Å². The van der Waals surface area contributed by atoms with E-state index in [2.05, 4.69) is 9.71 Å². The van der Waals surface area contributed by atoms with Gasteiger partial charge in [0.2, 0.25) is 5.88 Å². The van der Waals surface area contributed by atoms with Crippen LogP contribution in [-0.2, 0) is 0 Å². The van der Waals surface area contributed by atoms with Crippen LogP contribution in [0.2, 0.25) is 0 Å². The predicted molar refractivity (Wildman–Crippen MR) is 75.7 cm³/mol. The molecule has 1 aromatic heterocycles. The fourth-order valence-corrected chi connectivity index (χ4v) is 1.97. The van der Waals surface area contributed by atoms with Gasteiger partial charge in [0, 0.05) is 22.7 Å². The molecule has 2 aromatic rings. The SMILES string of the molecule is CNSc1ccc(Oc2ccc(C(C)=O)cn2)cc1. The van der Waals surface area contributed by atoms with Gasteiger partial charge >= 0.3 is 0 Å². The Morgan fingerprint density at radius 1 is 1.21 bits per heavy atom. The summed E-state index contributed by atoms with van der Waals surface area (Å²) in [5.74, 6) is 1.18. The van der Waals surface area contributed by atoms with Gasteiger partial charge < -0.3 is 4.74 Å². The smallest absolute Gasteiger partial charge is 0.219 e. The van der Waals surface area contributed by atoms with Crippen LogP contribution in [0.15, 0.2) is 47.5 Å². The first-order valence-electron chi connectivity index (χ1n) is 5.77. The van der Waals surface area contributed by atoms with E-state index in [1.807, 2.05) is 31.3 Å². The average molecular weight is 274 g/mol. The van der Waals surface area contributed by atoms with E-state index >= 15 is 0 Å². The van der Waals surface area contributed by atoms with Crippen molar-refractivity contribution in [3.63, 3.8) is 0 Å². The molecule has 0 fully saturated rings. The van der Waals surface area contributed by atoms with Crippen molar-refractivity contribution < 1.29 is 9.53 Å². The maximum absolute atomic E-state index is 11.1. The Morgan fingerprint density at radius 3 is 2.47 bits per heavy atom. The second-order valence-corrected chi connectivity index (χ2v) is 4.90. The number of ether oxygens (including phenoxy) is 1. The minimum absolute atomic E-state index is 0.00695. The normalized spacial score (nSPS) is 10.2. The lowest BCUT2D eigenvalue weighted by Crippen LogP contribution is -1.94. The first-order valence-corrected chi connectivity index (χ1v) is 6.59. The number of aromatic nitrogens is 1. The van der Waals surface area contributed by atoms with Gasteiger partial charge in [0.25, 0.3) is 0 Å². The van der Waals surface area contributed by atoms with Crippen LogP contribution in [0.3, 0.4) is 0 Å². The summed E-state index contributed by atoms with van der Waals surface area (Å²) in [6.45, 7) is 1.51. The number of benzene rings is 1. The summed E-state index contributed by atoms with van der Waals surface area (Å²) in [6.07, 6.45) is 1.52. The van der Waals surface area contributed by atoms with E-state index in [0.717, 1.165) is 4.90 Å². The Bertz CT molecular complexity index is 553. The summed E-state index contributed by atoms with van der Waals surface area (Å²) < 4.78 is 8.60. The number of hydrogen-bond acceptors (Lipinski definition) is 5. The number of Topliss-reactive ketones (excluding diaryl/α,β-unsaturated/α-hetero) is 1. The van der Waals surface area contributed by atoms with Crippen LogP contribution >= 0.6 is 11.9 Å². The monoisotopic (exact) mass is 274 g/mol. The van der Waals surface area contributed by atoms with Gasteiger partial charge in [0.05, 0.1) is 0 Å². The molecular formula is C14H14N2O2S. The van der Waals surface area contributed by atoms with Crippen LogP contribution in [0.4, 0.5) is 0 Å². The molecule has 4 nitrogen and oxygen atoms in total. The molecule has 19 heavy (non-hydrogen) atoms. The minimum atomic E-state index is -0.00695. The van der Waals surface area contributed by atoms with Gasteiger partial charge in [-0.15, -0.1) is 0 Å². The van der Waals surface area contributed by atoms with Crippen LogP contribution in [-0.4, -0.2) is 17.8 Å². The molecule has 1 aromatic carbocycles. The third kappa shape index (κ3) is 3.81. The van der Waals surface area contributed by atoms with Gasteiger partial charge in [0.15, 0.2) is 5.78 Å². The van der Waals surface area contributed by atoms with Crippen LogP contribution in [0.1, 0.15) is 17.3 Å². The average Bonchev–Trinajstić information content (AvgIpc) is 2.42. The number of pyridine rings is 1. The van der Waals surface area contributed by atoms with Crippen molar-refractivity contribution in [3.05, 3.63) is 48.2 Å². The molecular weight excluding hydrogens is 260 g/mol. The molecule has 0 saturated carbocycles. The number of carbonyl (C=O) groups excluding carboxylic acids is 1. The second-order valence-electron chi connectivity index (χ2n) is 3.82. The van der Waals surface area contributed by atoms with Crippen LogP contribution in [0, 0.1) is 0 Å². The predicted octanol–water partition coefficient (Wildman–Crippen LogP) is 3.30. The number of hydrogen-bond donors (Lipinski definition) is 1. The van der Waals surface area contributed by atoms with Crippen molar-refractivity contribution in [2.45, 2.75) is 11.8 Å². The Balaban J connectivity index is 2.06. The maximum atomic E-state index is 11.1. The molecule has 1 heterocycles. The minimum Gasteiger partial charge on any atom is -0.439 e. The zero-order valence-corrected chi connectivity index (χ0v) is 11.5. The van der Waals surface area contributed by atoms with E-state index in [-0.39, 0.29) is 5.78 Å². The largest absolute Gasteiger partial charge is 0.439 e. The molecule has 0 unspecified atom stereocenters. The van der Waals surface area contributed by atoms with Crippen molar-refractivity contribution in [1.29, 1.82) is 0 Å². The second kappa shape index (κ2) is 6.36. The Labute approximate surface area is 116 Å². The lowest BCUT2D eigenvalue weighted by atomic mass is 10.2. The van der Waals surface area contributed by atoms with Crippen molar-refractivity contribution in [2.24, 2.45) is 0 Å². The number of ketones is 1. The van der Waals surface area contributed by atoms with Crippen LogP contribution < -0.4 is 9.46 Å². The van der Waals surface area contributed by atoms with Crippen molar-refractivity contribution in [1.82, 2.24) is 9.71 Å². The highest BCUT2D eigenvalue weighted by atomic mass is 32.2. The topological polar surface area (TPSA) is 51.2 Å². The van der Waals surface area contributed by atoms with Gasteiger partial charge in [-0.25, -0.2) is 4.98 Å². The van der Waals surface area contributed by atoms with Gasteiger partial charge in [-0.2, -0.15) is 0 Å². The van der Waals surface area contributed by atoms with Crippen LogP contribution in [0.5, 0.6) is 11.6 Å². The fraction of sp³-hybridized carbons (Fsp3) is 0.143. The number of rotatable bonds is 5. The lowest BCUT2D eigenvalue weighted by Gasteiger charge is -2.06. The van der Waals surface area contributed by atoms with E-state index in [9.17, 15) is 4.79 Å². The molecule has 0 aliphatic rings. The first kappa shape index (κ1) is 13.6. The highest BCUT2D eigenvalue weighted by molar-refractivity contribution is 7.97. The summed E-state index contributed by atoms with van der Waals surface area (Å²) in [4.78, 5) is 16.3. The molecule has 0 spiro atoms. The Hall–Kier alpha value is -1.85. The zero-order chi connectivity index (χ0) is 13.7. The van der Waals surface area contributed by atoms with E-state index < -0.39 is 0 Å². The van der Waals surface area contributed by atoms with Gasteiger partial charge in [-0.05, 0) is 56.3 Å². The summed E-state index contributed by atoms with van der Waals surface area (Å²) in [7, 11) is 1.87. The molecule has 0 bridgehead atoms. The lowest BCUT2D eigenvalue weighted by molar-refractivity contribution is 0.101. The molecule has 0 radical (unpaired) electrons. The summed E-state index contributed by atoms with van der Waals surface area (Å²) in [5, 5.41) is 0. The standard InChI is InChI=1S/C14H14N2O2S/c1-10(17)11-3-8-14(16-9-11)18-12-4-6-13(7-5-12)19-15-2/h3-9,15H,1-2H3. The molecule has 0 aliphatic carbocycles. The summed E-state index contributed by atoms with van der Waals surface area (Å²) >= 11 is 1.54. The van der Waals surface area contributed by atoms with Gasteiger partial charge in [0.1, 0.15) is 5.75 Å². The van der Waals surface area contributed by atoms with E-state index in [1.165, 1.54) is 25.1 Å². The molecule has 98 valence electrons. The summed E-state index contributed by atoms with van der Waals surface area (Å²) in [6, 6.07) is 11.1. The first-order chi connectivity index (χ1) is 9.19. The molecule has 1 N–H and O–H groups in total. The number of carbonyl (C=O) groups is 1. The van der Waals surface area contributed by atoms with E-state index in [0.29, 0.717) is 17.2 Å². The third-order valence-corrected chi connectivity index (χ3v) is 3.12. The maximum Gasteiger partial charge on any atom is 0.219 e. The molecule has 0 amide bonds. The number of nitrogens with one attached hydrogen (secondary N) is 1.